The Labute approximate surface area is 164 Å². The van der Waals surface area contributed by atoms with E-state index < -0.39 is 0 Å². The second-order valence-corrected chi connectivity index (χ2v) is 8.38. The standard InChI is InChI=1S/C21H16F2N2S2/c1-12-18(15-6-8-16(22)9-7-15)19-20(24-13(2)25-21(19)27-12)26-11-14-4-3-5-17(23)10-14/h3-10H,11H2,1-2H3. The van der Waals surface area contributed by atoms with E-state index in [1.807, 2.05) is 19.9 Å². The van der Waals surface area contributed by atoms with Gasteiger partial charge in [0.25, 0.3) is 0 Å². The molecular formula is C21H16F2N2S2. The second kappa shape index (κ2) is 7.37. The van der Waals surface area contributed by atoms with E-state index in [9.17, 15) is 8.78 Å². The maximum absolute atomic E-state index is 13.5. The number of aromatic nitrogens is 2. The first kappa shape index (κ1) is 18.1. The van der Waals surface area contributed by atoms with Crippen molar-refractivity contribution in [3.05, 3.63) is 76.4 Å². The number of hydrogen-bond acceptors (Lipinski definition) is 4. The number of rotatable bonds is 4. The van der Waals surface area contributed by atoms with Crippen LogP contribution in [0.2, 0.25) is 0 Å². The number of aryl methyl sites for hydroxylation is 2. The molecule has 2 aromatic carbocycles. The van der Waals surface area contributed by atoms with Crippen LogP contribution in [0, 0.1) is 25.5 Å². The van der Waals surface area contributed by atoms with Gasteiger partial charge in [-0.1, -0.05) is 24.3 Å². The van der Waals surface area contributed by atoms with Crippen molar-refractivity contribution in [3.8, 4) is 11.1 Å². The molecule has 4 aromatic rings. The first-order chi connectivity index (χ1) is 13.0. The van der Waals surface area contributed by atoms with Gasteiger partial charge in [0.1, 0.15) is 27.3 Å². The highest BCUT2D eigenvalue weighted by Gasteiger charge is 2.18. The summed E-state index contributed by atoms with van der Waals surface area (Å²) in [5.41, 5.74) is 2.89. The number of thiophene rings is 1. The third-order valence-corrected chi connectivity index (χ3v) is 6.25. The minimum absolute atomic E-state index is 0.240. The topological polar surface area (TPSA) is 25.8 Å². The average Bonchev–Trinajstić information content (AvgIpc) is 2.96. The number of benzene rings is 2. The molecule has 0 aliphatic rings. The molecular weight excluding hydrogens is 382 g/mol. The first-order valence-electron chi connectivity index (χ1n) is 8.42. The van der Waals surface area contributed by atoms with Crippen molar-refractivity contribution in [1.82, 2.24) is 9.97 Å². The fraction of sp³-hybridized carbons (Fsp3) is 0.143. The van der Waals surface area contributed by atoms with Crippen LogP contribution in [0.15, 0.2) is 53.6 Å². The summed E-state index contributed by atoms with van der Waals surface area (Å²) in [5.74, 6) is 0.816. The van der Waals surface area contributed by atoms with E-state index in [1.165, 1.54) is 24.3 Å². The van der Waals surface area contributed by atoms with Crippen molar-refractivity contribution in [2.75, 3.05) is 0 Å². The number of fused-ring (bicyclic) bond motifs is 1. The smallest absolute Gasteiger partial charge is 0.129 e. The zero-order valence-corrected chi connectivity index (χ0v) is 16.4. The van der Waals surface area contributed by atoms with E-state index in [2.05, 4.69) is 9.97 Å². The van der Waals surface area contributed by atoms with Gasteiger partial charge in [-0.15, -0.1) is 23.1 Å². The summed E-state index contributed by atoms with van der Waals surface area (Å²) in [4.78, 5) is 11.3. The van der Waals surface area contributed by atoms with E-state index in [0.717, 1.165) is 36.8 Å². The van der Waals surface area contributed by atoms with Gasteiger partial charge in [-0.3, -0.25) is 0 Å². The molecule has 2 nitrogen and oxygen atoms in total. The van der Waals surface area contributed by atoms with Gasteiger partial charge < -0.3 is 0 Å². The Balaban J connectivity index is 1.80. The van der Waals surface area contributed by atoms with Crippen LogP contribution in [0.5, 0.6) is 0 Å². The Kier molecular flexibility index (Phi) is 4.93. The molecule has 0 saturated heterocycles. The monoisotopic (exact) mass is 398 g/mol. The van der Waals surface area contributed by atoms with Crippen molar-refractivity contribution in [2.24, 2.45) is 0 Å². The lowest BCUT2D eigenvalue weighted by molar-refractivity contribution is 0.626. The Morgan fingerprint density at radius 3 is 2.48 bits per heavy atom. The van der Waals surface area contributed by atoms with Crippen molar-refractivity contribution in [3.63, 3.8) is 0 Å². The molecule has 0 saturated carbocycles. The van der Waals surface area contributed by atoms with E-state index in [4.69, 9.17) is 0 Å². The van der Waals surface area contributed by atoms with Crippen molar-refractivity contribution >= 4 is 33.3 Å². The molecule has 0 spiro atoms. The van der Waals surface area contributed by atoms with E-state index in [-0.39, 0.29) is 11.6 Å². The highest BCUT2D eigenvalue weighted by Crippen LogP contribution is 2.42. The van der Waals surface area contributed by atoms with Gasteiger partial charge in [0.05, 0.1) is 5.39 Å². The molecule has 6 heteroatoms. The lowest BCUT2D eigenvalue weighted by atomic mass is 10.0. The zero-order valence-electron chi connectivity index (χ0n) is 14.8. The largest absolute Gasteiger partial charge is 0.226 e. The maximum atomic E-state index is 13.5. The van der Waals surface area contributed by atoms with Crippen LogP contribution in [-0.4, -0.2) is 9.97 Å². The third kappa shape index (κ3) is 3.73. The van der Waals surface area contributed by atoms with Crippen LogP contribution in [0.1, 0.15) is 16.3 Å². The summed E-state index contributed by atoms with van der Waals surface area (Å²) >= 11 is 3.18. The summed E-state index contributed by atoms with van der Waals surface area (Å²) in [6.07, 6.45) is 0. The fourth-order valence-electron chi connectivity index (χ4n) is 3.03. The number of thioether (sulfide) groups is 1. The van der Waals surface area contributed by atoms with Crippen LogP contribution in [0.3, 0.4) is 0 Å². The molecule has 2 heterocycles. The van der Waals surface area contributed by atoms with E-state index >= 15 is 0 Å². The second-order valence-electron chi connectivity index (χ2n) is 6.21. The molecule has 0 aliphatic heterocycles. The third-order valence-electron chi connectivity index (χ3n) is 4.20. The number of halogens is 2. The zero-order chi connectivity index (χ0) is 19.0. The normalized spacial score (nSPS) is 11.3. The minimum Gasteiger partial charge on any atom is -0.226 e. The van der Waals surface area contributed by atoms with Crippen LogP contribution >= 0.6 is 23.1 Å². The SMILES string of the molecule is Cc1nc(SCc2cccc(F)c2)c2c(-c3ccc(F)cc3)c(C)sc2n1. The maximum Gasteiger partial charge on any atom is 0.129 e. The van der Waals surface area contributed by atoms with Gasteiger partial charge in [-0.05, 0) is 49.2 Å². The molecule has 0 fully saturated rings. The lowest BCUT2D eigenvalue weighted by Crippen LogP contribution is -1.92. The predicted octanol–water partition coefficient (Wildman–Crippen LogP) is 6.55. The van der Waals surface area contributed by atoms with Gasteiger partial charge in [0.15, 0.2) is 0 Å². The van der Waals surface area contributed by atoms with Crippen LogP contribution in [0.25, 0.3) is 21.3 Å². The number of nitrogens with zero attached hydrogens (tertiary/aromatic N) is 2. The van der Waals surface area contributed by atoms with Gasteiger partial charge >= 0.3 is 0 Å². The Bertz CT molecular complexity index is 1120. The molecule has 2 aromatic heterocycles. The summed E-state index contributed by atoms with van der Waals surface area (Å²) in [6, 6.07) is 13.1. The summed E-state index contributed by atoms with van der Waals surface area (Å²) in [7, 11) is 0. The summed E-state index contributed by atoms with van der Waals surface area (Å²) in [5, 5.41) is 1.85. The first-order valence-corrected chi connectivity index (χ1v) is 10.2. The fourth-order valence-corrected chi connectivity index (χ4v) is 5.21. The van der Waals surface area contributed by atoms with E-state index in [0.29, 0.717) is 11.6 Å². The Morgan fingerprint density at radius 1 is 0.963 bits per heavy atom. The summed E-state index contributed by atoms with van der Waals surface area (Å²) in [6.45, 7) is 3.92. The molecule has 0 N–H and O–H groups in total. The van der Waals surface area contributed by atoms with Gasteiger partial charge in [0, 0.05) is 16.2 Å². The molecule has 136 valence electrons. The Hall–Kier alpha value is -2.31. The molecule has 0 atom stereocenters. The van der Waals surface area contributed by atoms with Gasteiger partial charge in [0.2, 0.25) is 0 Å². The van der Waals surface area contributed by atoms with Crippen LogP contribution in [0.4, 0.5) is 8.78 Å². The molecule has 0 aliphatic carbocycles. The molecule has 0 radical (unpaired) electrons. The van der Waals surface area contributed by atoms with Crippen LogP contribution in [-0.2, 0) is 5.75 Å². The van der Waals surface area contributed by atoms with Crippen molar-refractivity contribution < 1.29 is 8.78 Å². The molecule has 0 unspecified atom stereocenters. The average molecular weight is 399 g/mol. The highest BCUT2D eigenvalue weighted by molar-refractivity contribution is 7.98. The van der Waals surface area contributed by atoms with Crippen molar-refractivity contribution in [2.45, 2.75) is 24.6 Å². The van der Waals surface area contributed by atoms with Gasteiger partial charge in [-0.2, -0.15) is 0 Å². The lowest BCUT2D eigenvalue weighted by Gasteiger charge is -2.08. The highest BCUT2D eigenvalue weighted by atomic mass is 32.2. The summed E-state index contributed by atoms with van der Waals surface area (Å²) < 4.78 is 26.8. The molecule has 0 bridgehead atoms. The minimum atomic E-state index is -0.260. The molecule has 4 rings (SSSR count). The van der Waals surface area contributed by atoms with Crippen molar-refractivity contribution in [1.29, 1.82) is 0 Å². The Morgan fingerprint density at radius 2 is 1.74 bits per heavy atom. The predicted molar refractivity (Wildman–Crippen MR) is 108 cm³/mol. The van der Waals surface area contributed by atoms with E-state index in [1.54, 1.807) is 41.3 Å². The molecule has 27 heavy (non-hydrogen) atoms. The quantitative estimate of drug-likeness (QED) is 0.288. The molecule has 0 amide bonds. The van der Waals surface area contributed by atoms with Crippen LogP contribution < -0.4 is 0 Å². The number of hydrogen-bond donors (Lipinski definition) is 0. The van der Waals surface area contributed by atoms with Gasteiger partial charge in [-0.25, -0.2) is 18.7 Å².